The zero-order valence-electron chi connectivity index (χ0n) is 7.74. The number of furan rings is 1. The van der Waals surface area contributed by atoms with Crippen LogP contribution in [0.15, 0.2) is 29.0 Å². The van der Waals surface area contributed by atoms with E-state index in [1.165, 1.54) is 0 Å². The number of hydrogen-bond acceptors (Lipinski definition) is 3. The Labute approximate surface area is 76.6 Å². The van der Waals surface area contributed by atoms with Crippen LogP contribution in [0.1, 0.15) is 19.5 Å². The molecule has 0 fully saturated rings. The second-order valence-electron chi connectivity index (χ2n) is 3.75. The fourth-order valence-electron chi connectivity index (χ4n) is 1.22. The molecule has 0 aliphatic rings. The number of fused-ring (bicyclic) bond motifs is 1. The number of rotatable bonds is 1. The molecule has 0 aromatic carbocycles. The minimum absolute atomic E-state index is 0.397. The largest absolute Gasteiger partial charge is 0.463 e. The highest BCUT2D eigenvalue weighted by Crippen LogP contribution is 2.20. The summed E-state index contributed by atoms with van der Waals surface area (Å²) in [4.78, 5) is 4.23. The van der Waals surface area contributed by atoms with Crippen LogP contribution in [0.4, 0.5) is 0 Å². The molecule has 0 bridgehead atoms. The van der Waals surface area contributed by atoms with Gasteiger partial charge in [0.25, 0.3) is 0 Å². The average Bonchev–Trinajstić information content (AvgIpc) is 2.47. The molecule has 0 aliphatic heterocycles. The first kappa shape index (κ1) is 8.26. The molecule has 0 saturated carbocycles. The highest BCUT2D eigenvalue weighted by molar-refractivity contribution is 5.76. The van der Waals surface area contributed by atoms with E-state index < -0.39 is 5.54 Å². The van der Waals surface area contributed by atoms with Gasteiger partial charge in [0.05, 0.1) is 23.7 Å². The van der Waals surface area contributed by atoms with Crippen LogP contribution >= 0.6 is 0 Å². The van der Waals surface area contributed by atoms with E-state index >= 15 is 0 Å². The smallest absolute Gasteiger partial charge is 0.152 e. The molecule has 2 aromatic rings. The summed E-state index contributed by atoms with van der Waals surface area (Å²) in [5.41, 5.74) is 7.20. The predicted molar refractivity (Wildman–Crippen MR) is 51.2 cm³/mol. The number of nitrogens with two attached hydrogens (primary N) is 1. The average molecular weight is 176 g/mol. The minimum Gasteiger partial charge on any atom is -0.463 e. The molecule has 2 N–H and O–H groups in total. The zero-order chi connectivity index (χ0) is 9.47. The minimum atomic E-state index is -0.397. The second kappa shape index (κ2) is 2.57. The van der Waals surface area contributed by atoms with Crippen molar-refractivity contribution in [3.05, 3.63) is 30.3 Å². The Morgan fingerprint density at radius 2 is 2.23 bits per heavy atom. The maximum Gasteiger partial charge on any atom is 0.152 e. The van der Waals surface area contributed by atoms with Gasteiger partial charge in [-0.1, -0.05) is 0 Å². The third-order valence-corrected chi connectivity index (χ3v) is 2.00. The molecule has 0 radical (unpaired) electrons. The van der Waals surface area contributed by atoms with Crippen molar-refractivity contribution in [2.24, 2.45) is 5.73 Å². The summed E-state index contributed by atoms with van der Waals surface area (Å²) < 4.78 is 5.18. The van der Waals surface area contributed by atoms with Crippen LogP contribution in [0.3, 0.4) is 0 Å². The molecular formula is C10H12N2O. The van der Waals surface area contributed by atoms with Gasteiger partial charge in [-0.2, -0.15) is 0 Å². The third kappa shape index (κ3) is 1.42. The standard InChI is InChI=1S/C10H12N2O/c1-10(2,11)9-5-7-3-4-13-8(7)6-12-9/h3-6H,11H2,1-2H3. The number of nitrogens with zero attached hydrogens (tertiary/aromatic N) is 1. The molecule has 2 heterocycles. The second-order valence-corrected chi connectivity index (χ2v) is 3.75. The summed E-state index contributed by atoms with van der Waals surface area (Å²) in [5.74, 6) is 0. The maximum atomic E-state index is 5.92. The van der Waals surface area contributed by atoms with E-state index in [4.69, 9.17) is 10.2 Å². The van der Waals surface area contributed by atoms with Crippen molar-refractivity contribution in [3.63, 3.8) is 0 Å². The van der Waals surface area contributed by atoms with Gasteiger partial charge in [-0.05, 0) is 26.0 Å². The van der Waals surface area contributed by atoms with E-state index in [9.17, 15) is 0 Å². The summed E-state index contributed by atoms with van der Waals surface area (Å²) in [6, 6.07) is 3.87. The normalized spacial score (nSPS) is 12.2. The van der Waals surface area contributed by atoms with E-state index in [1.54, 1.807) is 12.5 Å². The van der Waals surface area contributed by atoms with E-state index in [2.05, 4.69) is 4.98 Å². The number of aromatic nitrogens is 1. The Morgan fingerprint density at radius 1 is 1.46 bits per heavy atom. The molecular weight excluding hydrogens is 164 g/mol. The van der Waals surface area contributed by atoms with Crippen LogP contribution in [-0.4, -0.2) is 4.98 Å². The van der Waals surface area contributed by atoms with Gasteiger partial charge in [-0.3, -0.25) is 4.98 Å². The third-order valence-electron chi connectivity index (χ3n) is 2.00. The molecule has 0 aliphatic carbocycles. The predicted octanol–water partition coefficient (Wildman–Crippen LogP) is 2.02. The Hall–Kier alpha value is -1.35. The molecule has 0 spiro atoms. The van der Waals surface area contributed by atoms with E-state index in [0.29, 0.717) is 0 Å². The van der Waals surface area contributed by atoms with Gasteiger partial charge in [-0.15, -0.1) is 0 Å². The van der Waals surface area contributed by atoms with E-state index in [0.717, 1.165) is 16.7 Å². The molecule has 13 heavy (non-hydrogen) atoms. The van der Waals surface area contributed by atoms with Crippen molar-refractivity contribution in [2.45, 2.75) is 19.4 Å². The fourth-order valence-corrected chi connectivity index (χ4v) is 1.22. The van der Waals surface area contributed by atoms with Gasteiger partial charge < -0.3 is 10.2 Å². The number of pyridine rings is 1. The molecule has 3 heteroatoms. The van der Waals surface area contributed by atoms with Gasteiger partial charge in [0.1, 0.15) is 0 Å². The van der Waals surface area contributed by atoms with Crippen LogP contribution in [0.5, 0.6) is 0 Å². The van der Waals surface area contributed by atoms with E-state index in [-0.39, 0.29) is 0 Å². The molecule has 2 aromatic heterocycles. The Kier molecular flexibility index (Phi) is 1.63. The first-order valence-corrected chi connectivity index (χ1v) is 4.20. The highest BCUT2D eigenvalue weighted by atomic mass is 16.3. The lowest BCUT2D eigenvalue weighted by Gasteiger charge is -2.17. The van der Waals surface area contributed by atoms with Crippen LogP contribution in [-0.2, 0) is 5.54 Å². The van der Waals surface area contributed by atoms with Crippen molar-refractivity contribution in [2.75, 3.05) is 0 Å². The van der Waals surface area contributed by atoms with Crippen molar-refractivity contribution >= 4 is 11.0 Å². The van der Waals surface area contributed by atoms with E-state index in [1.807, 2.05) is 26.0 Å². The summed E-state index contributed by atoms with van der Waals surface area (Å²) in [6.07, 6.45) is 3.36. The lowest BCUT2D eigenvalue weighted by Crippen LogP contribution is -2.29. The van der Waals surface area contributed by atoms with Crippen molar-refractivity contribution in [3.8, 4) is 0 Å². The fraction of sp³-hybridized carbons (Fsp3) is 0.300. The highest BCUT2D eigenvalue weighted by Gasteiger charge is 2.16. The van der Waals surface area contributed by atoms with Gasteiger partial charge in [0, 0.05) is 5.39 Å². The SMILES string of the molecule is CC(C)(N)c1cc2ccoc2cn1. The summed E-state index contributed by atoms with van der Waals surface area (Å²) in [5, 5.41) is 1.04. The van der Waals surface area contributed by atoms with Crippen molar-refractivity contribution in [1.29, 1.82) is 0 Å². The molecule has 0 unspecified atom stereocenters. The van der Waals surface area contributed by atoms with Gasteiger partial charge >= 0.3 is 0 Å². The summed E-state index contributed by atoms with van der Waals surface area (Å²) >= 11 is 0. The molecule has 3 nitrogen and oxygen atoms in total. The topological polar surface area (TPSA) is 52.0 Å². The Bertz CT molecular complexity index is 426. The maximum absolute atomic E-state index is 5.92. The molecule has 0 atom stereocenters. The molecule has 0 saturated heterocycles. The molecule has 2 rings (SSSR count). The lowest BCUT2D eigenvalue weighted by atomic mass is 10.0. The van der Waals surface area contributed by atoms with Crippen molar-refractivity contribution < 1.29 is 4.42 Å². The first-order chi connectivity index (χ1) is 6.07. The van der Waals surface area contributed by atoms with Gasteiger partial charge in [0.15, 0.2) is 5.58 Å². The monoisotopic (exact) mass is 176 g/mol. The summed E-state index contributed by atoms with van der Waals surface area (Å²) in [6.45, 7) is 3.86. The Balaban J connectivity index is 2.61. The zero-order valence-corrected chi connectivity index (χ0v) is 7.74. The van der Waals surface area contributed by atoms with Crippen LogP contribution in [0.2, 0.25) is 0 Å². The number of hydrogen-bond donors (Lipinski definition) is 1. The molecule has 0 amide bonds. The van der Waals surface area contributed by atoms with Gasteiger partial charge in [0.2, 0.25) is 0 Å². The van der Waals surface area contributed by atoms with Crippen molar-refractivity contribution in [1.82, 2.24) is 4.98 Å². The molecule has 68 valence electrons. The van der Waals surface area contributed by atoms with Gasteiger partial charge in [-0.25, -0.2) is 0 Å². The van der Waals surface area contributed by atoms with Crippen LogP contribution in [0, 0.1) is 0 Å². The Morgan fingerprint density at radius 3 is 2.92 bits per heavy atom. The first-order valence-electron chi connectivity index (χ1n) is 4.20. The quantitative estimate of drug-likeness (QED) is 0.723. The van der Waals surface area contributed by atoms with Crippen LogP contribution < -0.4 is 5.73 Å². The van der Waals surface area contributed by atoms with Crippen LogP contribution in [0.25, 0.3) is 11.0 Å². The summed E-state index contributed by atoms with van der Waals surface area (Å²) in [7, 11) is 0. The lowest BCUT2D eigenvalue weighted by molar-refractivity contribution is 0.535.